The number of carbonyl (C=O) groups excluding carboxylic acids is 1. The lowest BCUT2D eigenvalue weighted by molar-refractivity contribution is 0.102. The largest absolute Gasteiger partial charge is 0.399 e. The van der Waals surface area contributed by atoms with Gasteiger partial charge >= 0.3 is 0 Å². The molecule has 4 nitrogen and oxygen atoms in total. The molecular weight excluding hydrogens is 276 g/mol. The van der Waals surface area contributed by atoms with E-state index in [2.05, 4.69) is 5.32 Å². The molecule has 0 aliphatic heterocycles. The molecule has 2 aromatic carbocycles. The van der Waals surface area contributed by atoms with Crippen LogP contribution in [0.5, 0.6) is 0 Å². The minimum Gasteiger partial charge on any atom is -0.399 e. The van der Waals surface area contributed by atoms with Gasteiger partial charge in [-0.25, -0.2) is 0 Å². The number of hydrogen-bond acceptors (Lipinski definition) is 3. The Kier molecular flexibility index (Phi) is 4.61. The van der Waals surface area contributed by atoms with Gasteiger partial charge < -0.3 is 16.2 Å². The van der Waals surface area contributed by atoms with Gasteiger partial charge in [0.2, 0.25) is 0 Å². The summed E-state index contributed by atoms with van der Waals surface area (Å²) < 4.78 is 0. The summed E-state index contributed by atoms with van der Waals surface area (Å²) in [4.78, 5) is 12.1. The zero-order valence-corrected chi connectivity index (χ0v) is 11.5. The first-order chi connectivity index (χ1) is 9.60. The number of benzene rings is 2. The molecule has 0 aliphatic rings. The van der Waals surface area contributed by atoms with Crippen LogP contribution in [0, 0.1) is 0 Å². The monoisotopic (exact) mass is 290 g/mol. The predicted octanol–water partition coefficient (Wildman–Crippen LogP) is 2.71. The molecule has 2 aromatic rings. The Balaban J connectivity index is 2.13. The highest BCUT2D eigenvalue weighted by Crippen LogP contribution is 2.20. The highest BCUT2D eigenvalue weighted by molar-refractivity contribution is 6.34. The highest BCUT2D eigenvalue weighted by atomic mass is 35.5. The number of nitrogens with two attached hydrogens (primary N) is 1. The van der Waals surface area contributed by atoms with Gasteiger partial charge in [0.15, 0.2) is 0 Å². The van der Waals surface area contributed by atoms with E-state index in [1.165, 1.54) is 6.07 Å². The van der Waals surface area contributed by atoms with Crippen LogP contribution >= 0.6 is 11.6 Å². The van der Waals surface area contributed by atoms with E-state index in [1.54, 1.807) is 24.3 Å². The number of hydrogen-bond donors (Lipinski definition) is 3. The van der Waals surface area contributed by atoms with Gasteiger partial charge in [-0.15, -0.1) is 0 Å². The Bertz CT molecular complexity index is 612. The van der Waals surface area contributed by atoms with E-state index in [4.69, 9.17) is 22.4 Å². The second kappa shape index (κ2) is 6.41. The van der Waals surface area contributed by atoms with Gasteiger partial charge in [0, 0.05) is 18.0 Å². The SMILES string of the molecule is Nc1ccc(Cl)c(C(=O)Nc2ccc(CCO)cc2)c1. The number of aliphatic hydroxyl groups excluding tert-OH is 1. The molecule has 0 saturated heterocycles. The van der Waals surface area contributed by atoms with Gasteiger partial charge in [-0.2, -0.15) is 0 Å². The Morgan fingerprint density at radius 2 is 1.90 bits per heavy atom. The van der Waals surface area contributed by atoms with Crippen LogP contribution in [-0.2, 0) is 6.42 Å². The van der Waals surface area contributed by atoms with Crippen molar-refractivity contribution >= 4 is 28.9 Å². The van der Waals surface area contributed by atoms with Crippen molar-refractivity contribution in [1.29, 1.82) is 0 Å². The lowest BCUT2D eigenvalue weighted by atomic mass is 10.1. The average molecular weight is 291 g/mol. The molecule has 1 amide bonds. The molecular formula is C15H15ClN2O2. The van der Waals surface area contributed by atoms with E-state index >= 15 is 0 Å². The maximum absolute atomic E-state index is 12.1. The number of carbonyl (C=O) groups is 1. The molecule has 0 saturated carbocycles. The van der Waals surface area contributed by atoms with Crippen molar-refractivity contribution in [2.75, 3.05) is 17.7 Å². The summed E-state index contributed by atoms with van der Waals surface area (Å²) in [6.07, 6.45) is 0.593. The molecule has 4 N–H and O–H groups in total. The summed E-state index contributed by atoms with van der Waals surface area (Å²) >= 11 is 5.98. The lowest BCUT2D eigenvalue weighted by Gasteiger charge is -2.08. The third kappa shape index (κ3) is 3.50. The van der Waals surface area contributed by atoms with Gasteiger partial charge in [-0.3, -0.25) is 4.79 Å². The number of amides is 1. The lowest BCUT2D eigenvalue weighted by Crippen LogP contribution is -2.12. The van der Waals surface area contributed by atoms with E-state index in [1.807, 2.05) is 12.1 Å². The van der Waals surface area contributed by atoms with Crippen LogP contribution in [-0.4, -0.2) is 17.6 Å². The van der Waals surface area contributed by atoms with Crippen LogP contribution in [0.2, 0.25) is 5.02 Å². The second-order valence-electron chi connectivity index (χ2n) is 4.36. The van der Waals surface area contributed by atoms with Crippen molar-refractivity contribution in [1.82, 2.24) is 0 Å². The number of nitrogen functional groups attached to an aromatic ring is 1. The Morgan fingerprint density at radius 1 is 1.20 bits per heavy atom. The quantitative estimate of drug-likeness (QED) is 0.758. The molecule has 20 heavy (non-hydrogen) atoms. The average Bonchev–Trinajstić information content (AvgIpc) is 2.44. The van der Waals surface area contributed by atoms with Crippen LogP contribution in [0.1, 0.15) is 15.9 Å². The summed E-state index contributed by atoms with van der Waals surface area (Å²) in [6, 6.07) is 12.0. The Morgan fingerprint density at radius 3 is 2.55 bits per heavy atom. The van der Waals surface area contributed by atoms with Crippen molar-refractivity contribution in [3.05, 3.63) is 58.6 Å². The fraction of sp³-hybridized carbons (Fsp3) is 0.133. The second-order valence-corrected chi connectivity index (χ2v) is 4.77. The number of rotatable bonds is 4. The fourth-order valence-electron chi connectivity index (χ4n) is 1.80. The first kappa shape index (κ1) is 14.4. The molecule has 5 heteroatoms. The summed E-state index contributed by atoms with van der Waals surface area (Å²) in [7, 11) is 0. The van der Waals surface area contributed by atoms with Crippen molar-refractivity contribution < 1.29 is 9.90 Å². The van der Waals surface area contributed by atoms with Crippen LogP contribution in [0.25, 0.3) is 0 Å². The van der Waals surface area contributed by atoms with Gasteiger partial charge in [0.25, 0.3) is 5.91 Å². The standard InChI is InChI=1S/C15H15ClN2O2/c16-14-6-3-11(17)9-13(14)15(20)18-12-4-1-10(2-5-12)7-8-19/h1-6,9,19H,7-8,17H2,(H,18,20). The molecule has 0 spiro atoms. The smallest absolute Gasteiger partial charge is 0.257 e. The minimum atomic E-state index is -0.308. The van der Waals surface area contributed by atoms with Crippen LogP contribution in [0.4, 0.5) is 11.4 Å². The van der Waals surface area contributed by atoms with Crippen LogP contribution in [0.15, 0.2) is 42.5 Å². The maximum atomic E-state index is 12.1. The van der Waals surface area contributed by atoms with Gasteiger partial charge in [-0.1, -0.05) is 23.7 Å². The molecule has 0 aromatic heterocycles. The molecule has 104 valence electrons. The third-order valence-corrected chi connectivity index (χ3v) is 3.18. The Labute approximate surface area is 122 Å². The van der Waals surface area contributed by atoms with E-state index in [9.17, 15) is 4.79 Å². The number of nitrogens with one attached hydrogen (secondary N) is 1. The van der Waals surface area contributed by atoms with Crippen LogP contribution < -0.4 is 11.1 Å². The zero-order valence-electron chi connectivity index (χ0n) is 10.8. The van der Waals surface area contributed by atoms with E-state index < -0.39 is 0 Å². The van der Waals surface area contributed by atoms with Gasteiger partial charge in [0.05, 0.1) is 10.6 Å². The first-order valence-electron chi connectivity index (χ1n) is 6.16. The van der Waals surface area contributed by atoms with E-state index in [-0.39, 0.29) is 12.5 Å². The van der Waals surface area contributed by atoms with Gasteiger partial charge in [0.1, 0.15) is 0 Å². The number of anilines is 2. The fourth-order valence-corrected chi connectivity index (χ4v) is 2.00. The number of halogens is 1. The third-order valence-electron chi connectivity index (χ3n) is 2.85. The van der Waals surface area contributed by atoms with Crippen molar-refractivity contribution in [3.63, 3.8) is 0 Å². The molecule has 0 atom stereocenters. The molecule has 2 rings (SSSR count). The maximum Gasteiger partial charge on any atom is 0.257 e. The highest BCUT2D eigenvalue weighted by Gasteiger charge is 2.11. The molecule has 0 aliphatic carbocycles. The van der Waals surface area contributed by atoms with Crippen molar-refractivity contribution in [2.45, 2.75) is 6.42 Å². The summed E-state index contributed by atoms with van der Waals surface area (Å²) in [5.41, 5.74) is 8.14. The normalized spacial score (nSPS) is 10.3. The molecule has 0 fully saturated rings. The molecule has 0 unspecified atom stereocenters. The predicted molar refractivity (Wildman–Crippen MR) is 81.0 cm³/mol. The summed E-state index contributed by atoms with van der Waals surface area (Å²) in [6.45, 7) is 0.102. The van der Waals surface area contributed by atoms with E-state index in [0.717, 1.165) is 5.56 Å². The Hall–Kier alpha value is -2.04. The van der Waals surface area contributed by atoms with Crippen LogP contribution in [0.3, 0.4) is 0 Å². The van der Waals surface area contributed by atoms with Gasteiger partial charge in [-0.05, 0) is 42.3 Å². The van der Waals surface area contributed by atoms with E-state index in [0.29, 0.717) is 28.4 Å². The minimum absolute atomic E-state index is 0.102. The topological polar surface area (TPSA) is 75.4 Å². The molecule has 0 radical (unpaired) electrons. The summed E-state index contributed by atoms with van der Waals surface area (Å²) in [5, 5.41) is 12.0. The van der Waals surface area contributed by atoms with Crippen molar-refractivity contribution in [3.8, 4) is 0 Å². The molecule has 0 bridgehead atoms. The van der Waals surface area contributed by atoms with Crippen molar-refractivity contribution in [2.24, 2.45) is 0 Å². The molecule has 0 heterocycles. The number of aliphatic hydroxyl groups is 1. The zero-order chi connectivity index (χ0) is 14.5. The first-order valence-corrected chi connectivity index (χ1v) is 6.54. The summed E-state index contributed by atoms with van der Waals surface area (Å²) in [5.74, 6) is -0.308.